The number of hydrogen-bond donors (Lipinski definition) is 0. The molecular weight excluding hydrogens is 390 g/mol. The van der Waals surface area contributed by atoms with Gasteiger partial charge in [-0.25, -0.2) is 8.42 Å². The molecule has 2 aromatic carbocycles. The molecule has 1 atom stereocenters. The van der Waals surface area contributed by atoms with Crippen LogP contribution in [-0.4, -0.2) is 38.7 Å². The summed E-state index contributed by atoms with van der Waals surface area (Å²) in [6, 6.07) is 13.8. The van der Waals surface area contributed by atoms with Gasteiger partial charge < -0.3 is 9.64 Å². The minimum atomic E-state index is -3.34. The van der Waals surface area contributed by atoms with Gasteiger partial charge in [0, 0.05) is 11.1 Å². The van der Waals surface area contributed by atoms with Gasteiger partial charge in [-0.15, -0.1) is 0 Å². The highest BCUT2D eigenvalue weighted by molar-refractivity contribution is 7.94. The van der Waals surface area contributed by atoms with Crippen LogP contribution in [0.15, 0.2) is 60.0 Å². The number of amides is 1. The molecular formula is C22H23NO5S. The van der Waals surface area contributed by atoms with Crippen LogP contribution in [0.25, 0.3) is 0 Å². The van der Waals surface area contributed by atoms with Crippen LogP contribution < -0.4 is 4.90 Å². The Morgan fingerprint density at radius 2 is 1.79 bits per heavy atom. The van der Waals surface area contributed by atoms with Crippen molar-refractivity contribution in [3.8, 4) is 0 Å². The number of benzene rings is 2. The zero-order valence-electron chi connectivity index (χ0n) is 16.4. The van der Waals surface area contributed by atoms with Gasteiger partial charge in [0.2, 0.25) is 0 Å². The number of hydrogen-bond acceptors (Lipinski definition) is 5. The Labute approximate surface area is 170 Å². The Kier molecular flexibility index (Phi) is 6.17. The van der Waals surface area contributed by atoms with Crippen molar-refractivity contribution in [3.63, 3.8) is 0 Å². The maximum atomic E-state index is 12.8. The lowest BCUT2D eigenvalue weighted by Crippen LogP contribution is -2.43. The molecule has 29 heavy (non-hydrogen) atoms. The van der Waals surface area contributed by atoms with Crippen LogP contribution in [0.5, 0.6) is 0 Å². The first-order valence-corrected chi connectivity index (χ1v) is 11.0. The summed E-state index contributed by atoms with van der Waals surface area (Å²) in [5.74, 6) is -1.18. The van der Waals surface area contributed by atoms with Crippen LogP contribution in [0.1, 0.15) is 16.7 Å². The van der Waals surface area contributed by atoms with E-state index < -0.39 is 34.4 Å². The van der Waals surface area contributed by atoms with E-state index in [2.05, 4.69) is 0 Å². The normalized spacial score (nSPS) is 17.1. The molecule has 0 saturated heterocycles. The van der Waals surface area contributed by atoms with Gasteiger partial charge in [-0.2, -0.15) is 0 Å². The van der Waals surface area contributed by atoms with Crippen molar-refractivity contribution in [1.82, 2.24) is 0 Å². The van der Waals surface area contributed by atoms with E-state index in [-0.39, 0.29) is 12.2 Å². The van der Waals surface area contributed by atoms with Gasteiger partial charge >= 0.3 is 5.97 Å². The lowest BCUT2D eigenvalue weighted by Gasteiger charge is -2.27. The molecule has 0 bridgehead atoms. The zero-order valence-corrected chi connectivity index (χ0v) is 17.2. The van der Waals surface area contributed by atoms with Gasteiger partial charge in [-0.3, -0.25) is 9.59 Å². The highest BCUT2D eigenvalue weighted by Gasteiger charge is 2.31. The van der Waals surface area contributed by atoms with Crippen molar-refractivity contribution in [1.29, 1.82) is 0 Å². The van der Waals surface area contributed by atoms with E-state index in [1.807, 2.05) is 32.0 Å². The fraction of sp³-hybridized carbons (Fsp3) is 0.273. The van der Waals surface area contributed by atoms with Crippen LogP contribution >= 0.6 is 0 Å². The molecule has 1 aliphatic rings. The highest BCUT2D eigenvalue weighted by atomic mass is 32.2. The Hall–Kier alpha value is -2.93. The molecule has 0 N–H and O–H groups in total. The number of carbonyl (C=O) groups excluding carboxylic acids is 2. The lowest BCUT2D eigenvalue weighted by atomic mass is 10.0. The Morgan fingerprint density at radius 3 is 2.41 bits per heavy atom. The molecule has 0 aliphatic carbocycles. The largest absolute Gasteiger partial charge is 0.455 e. The maximum Gasteiger partial charge on any atom is 0.310 e. The van der Waals surface area contributed by atoms with Crippen LogP contribution in [0, 0.1) is 13.8 Å². The molecule has 152 valence electrons. The van der Waals surface area contributed by atoms with Gasteiger partial charge in [0.1, 0.15) is 0 Å². The molecule has 0 radical (unpaired) electrons. The van der Waals surface area contributed by atoms with E-state index in [0.717, 1.165) is 22.1 Å². The quantitative estimate of drug-likeness (QED) is 0.680. The van der Waals surface area contributed by atoms with Crippen molar-refractivity contribution in [2.24, 2.45) is 0 Å². The predicted octanol–water partition coefficient (Wildman–Crippen LogP) is 2.73. The fourth-order valence-corrected chi connectivity index (χ4v) is 4.44. The van der Waals surface area contributed by atoms with Crippen molar-refractivity contribution in [2.75, 3.05) is 17.3 Å². The predicted molar refractivity (Wildman–Crippen MR) is 111 cm³/mol. The molecule has 0 saturated carbocycles. The van der Waals surface area contributed by atoms with Crippen LogP contribution in [0.3, 0.4) is 0 Å². The van der Waals surface area contributed by atoms with Gasteiger partial charge in [-0.1, -0.05) is 36.4 Å². The summed E-state index contributed by atoms with van der Waals surface area (Å²) in [7, 11) is -3.34. The first-order valence-electron chi connectivity index (χ1n) is 9.25. The summed E-state index contributed by atoms with van der Waals surface area (Å²) < 4.78 is 28.8. The molecule has 1 heterocycles. The molecule has 2 aromatic rings. The second-order valence-electron chi connectivity index (χ2n) is 7.08. The number of rotatable bonds is 6. The number of aryl methyl sites for hydroxylation is 2. The molecule has 1 aliphatic heterocycles. The smallest absolute Gasteiger partial charge is 0.310 e. The molecule has 3 rings (SSSR count). The molecule has 0 spiro atoms. The molecule has 0 fully saturated rings. The SMILES string of the molecule is Cc1ccc(CC(=O)OCC(=O)N(c2ccccc2)[C@H]2C=CS(=O)(=O)C2)cc1C. The Bertz CT molecular complexity index is 1040. The van der Waals surface area contributed by atoms with Gasteiger partial charge in [0.15, 0.2) is 16.4 Å². The lowest BCUT2D eigenvalue weighted by molar-refractivity contribution is -0.147. The number of ether oxygens (including phenoxy) is 1. The van der Waals surface area contributed by atoms with Crippen molar-refractivity contribution in [3.05, 3.63) is 76.7 Å². The van der Waals surface area contributed by atoms with Crippen LogP contribution in [0.2, 0.25) is 0 Å². The average molecular weight is 413 g/mol. The number of para-hydroxylation sites is 1. The Morgan fingerprint density at radius 1 is 1.07 bits per heavy atom. The van der Waals surface area contributed by atoms with Gasteiger partial charge in [0.05, 0.1) is 18.2 Å². The second-order valence-corrected chi connectivity index (χ2v) is 9.01. The van der Waals surface area contributed by atoms with Crippen LogP contribution in [0.4, 0.5) is 5.69 Å². The number of anilines is 1. The minimum absolute atomic E-state index is 0.0669. The number of nitrogens with zero attached hydrogens (tertiary/aromatic N) is 1. The molecule has 0 aromatic heterocycles. The minimum Gasteiger partial charge on any atom is -0.455 e. The topological polar surface area (TPSA) is 80.8 Å². The first kappa shape index (κ1) is 20.8. The van der Waals surface area contributed by atoms with E-state index in [4.69, 9.17) is 4.74 Å². The summed E-state index contributed by atoms with van der Waals surface area (Å²) in [6.45, 7) is 3.50. The summed E-state index contributed by atoms with van der Waals surface area (Å²) in [5, 5.41) is 1.12. The first-order chi connectivity index (χ1) is 13.7. The summed E-state index contributed by atoms with van der Waals surface area (Å²) in [6.07, 6.45) is 1.55. The molecule has 1 amide bonds. The van der Waals surface area contributed by atoms with Gasteiger partial charge in [-0.05, 0) is 48.7 Å². The maximum absolute atomic E-state index is 12.8. The second kappa shape index (κ2) is 8.61. The highest BCUT2D eigenvalue weighted by Crippen LogP contribution is 2.23. The molecule has 0 unspecified atom stereocenters. The van der Waals surface area contributed by atoms with E-state index in [1.165, 1.54) is 11.0 Å². The summed E-state index contributed by atoms with van der Waals surface area (Å²) in [5.41, 5.74) is 3.58. The molecule has 6 nitrogen and oxygen atoms in total. The van der Waals surface area contributed by atoms with Crippen molar-refractivity contribution in [2.45, 2.75) is 26.3 Å². The summed E-state index contributed by atoms with van der Waals surface area (Å²) in [4.78, 5) is 26.4. The van der Waals surface area contributed by atoms with Crippen molar-refractivity contribution < 1.29 is 22.7 Å². The van der Waals surface area contributed by atoms with E-state index >= 15 is 0 Å². The third-order valence-corrected chi connectivity index (χ3v) is 6.20. The van der Waals surface area contributed by atoms with E-state index in [9.17, 15) is 18.0 Å². The fourth-order valence-electron chi connectivity index (χ4n) is 3.17. The average Bonchev–Trinajstić information content (AvgIpc) is 3.03. The standard InChI is InChI=1S/C22H23NO5S/c1-16-8-9-18(12-17(16)2)13-22(25)28-14-21(24)23(19-6-4-3-5-7-19)20-10-11-29(26,27)15-20/h3-12,20H,13-15H2,1-2H3/t20-/m0/s1. The number of esters is 1. The van der Waals surface area contributed by atoms with Gasteiger partial charge in [0.25, 0.3) is 5.91 Å². The molecule has 7 heteroatoms. The van der Waals surface area contributed by atoms with Crippen molar-refractivity contribution >= 4 is 27.4 Å². The van der Waals surface area contributed by atoms with E-state index in [0.29, 0.717) is 5.69 Å². The number of sulfone groups is 1. The Balaban J connectivity index is 1.67. The third kappa shape index (κ3) is 5.32. The number of carbonyl (C=O) groups is 2. The summed E-state index contributed by atoms with van der Waals surface area (Å²) >= 11 is 0. The zero-order chi connectivity index (χ0) is 21.0. The monoisotopic (exact) mass is 413 g/mol. The van der Waals surface area contributed by atoms with Crippen LogP contribution in [-0.2, 0) is 30.6 Å². The van der Waals surface area contributed by atoms with E-state index in [1.54, 1.807) is 30.3 Å². The third-order valence-electron chi connectivity index (χ3n) is 4.82.